The fourth-order valence-electron chi connectivity index (χ4n) is 1.99. The second-order valence-corrected chi connectivity index (χ2v) is 7.73. The van der Waals surface area contributed by atoms with E-state index in [-0.39, 0.29) is 23.0 Å². The van der Waals surface area contributed by atoms with E-state index in [0.29, 0.717) is 21.7 Å². The molecule has 3 aromatic rings. The summed E-state index contributed by atoms with van der Waals surface area (Å²) in [5.41, 5.74) is -0.428. The largest absolute Gasteiger partial charge is 0.464 e. The molecule has 0 aliphatic carbocycles. The average molecular weight is 435 g/mol. The van der Waals surface area contributed by atoms with Gasteiger partial charge in [0.2, 0.25) is 22.2 Å². The summed E-state index contributed by atoms with van der Waals surface area (Å²) in [6, 6.07) is 5.95. The van der Waals surface area contributed by atoms with Crippen LogP contribution in [0.3, 0.4) is 0 Å². The molecule has 2 heterocycles. The summed E-state index contributed by atoms with van der Waals surface area (Å²) in [6.07, 6.45) is 1.39. The topological polar surface area (TPSA) is 111 Å². The number of ether oxygens (including phenoxy) is 1. The van der Waals surface area contributed by atoms with Gasteiger partial charge < -0.3 is 14.5 Å². The Morgan fingerprint density at radius 2 is 2.03 bits per heavy atom. The fraction of sp³-hybridized carbons (Fsp3) is 0.167. The van der Waals surface area contributed by atoms with Crippen LogP contribution in [-0.2, 0) is 10.5 Å². The highest BCUT2D eigenvalue weighted by molar-refractivity contribution is 8.00. The third-order valence-electron chi connectivity index (χ3n) is 3.45. The highest BCUT2D eigenvalue weighted by atomic mass is 32.2. The number of halogens is 1. The quantitative estimate of drug-likeness (QED) is 0.341. The highest BCUT2D eigenvalue weighted by Crippen LogP contribution is 2.28. The minimum absolute atomic E-state index is 0.104. The number of nitrogens with zero attached hydrogens (tertiary/aromatic N) is 2. The summed E-state index contributed by atoms with van der Waals surface area (Å²) >= 11 is 2.48. The zero-order chi connectivity index (χ0) is 20.8. The third kappa shape index (κ3) is 5.72. The van der Waals surface area contributed by atoms with Gasteiger partial charge in [-0.3, -0.25) is 9.59 Å². The molecular weight excluding hydrogens is 421 g/mol. The van der Waals surface area contributed by atoms with E-state index < -0.39 is 17.2 Å². The van der Waals surface area contributed by atoms with Gasteiger partial charge >= 0.3 is 5.97 Å². The van der Waals surface area contributed by atoms with E-state index in [1.165, 1.54) is 41.3 Å². The first-order valence-electron chi connectivity index (χ1n) is 8.30. The van der Waals surface area contributed by atoms with Crippen LogP contribution in [0.1, 0.15) is 29.5 Å². The minimum Gasteiger partial charge on any atom is -0.464 e. The fourth-order valence-corrected chi connectivity index (χ4v) is 3.65. The number of hydrogen-bond acceptors (Lipinski definition) is 9. The number of anilines is 1. The average Bonchev–Trinajstić information content (AvgIpc) is 3.15. The molecule has 150 valence electrons. The maximum Gasteiger partial charge on any atom is 0.343 e. The van der Waals surface area contributed by atoms with Gasteiger partial charge in [-0.2, -0.15) is 0 Å². The first-order valence-corrected chi connectivity index (χ1v) is 10.1. The van der Waals surface area contributed by atoms with Crippen LogP contribution in [0.15, 0.2) is 50.1 Å². The molecule has 1 amide bonds. The van der Waals surface area contributed by atoms with Gasteiger partial charge in [-0.25, -0.2) is 9.18 Å². The van der Waals surface area contributed by atoms with E-state index in [0.717, 1.165) is 18.4 Å². The molecule has 3 rings (SSSR count). The van der Waals surface area contributed by atoms with Crippen molar-refractivity contribution >= 4 is 40.1 Å². The van der Waals surface area contributed by atoms with E-state index in [4.69, 9.17) is 9.15 Å². The Hall–Kier alpha value is -3.05. The van der Waals surface area contributed by atoms with Crippen molar-refractivity contribution in [3.05, 3.63) is 64.0 Å². The molecular formula is C18H14FN3O5S2. The Labute approximate surface area is 172 Å². The summed E-state index contributed by atoms with van der Waals surface area (Å²) in [6.45, 7) is 1.73. The van der Waals surface area contributed by atoms with Crippen LogP contribution >= 0.6 is 23.1 Å². The second-order valence-electron chi connectivity index (χ2n) is 5.53. The summed E-state index contributed by atoms with van der Waals surface area (Å²) in [7, 11) is 0. The number of rotatable bonds is 7. The second kappa shape index (κ2) is 9.43. The third-order valence-corrected chi connectivity index (χ3v) is 5.44. The molecule has 0 spiro atoms. The van der Waals surface area contributed by atoms with Crippen molar-refractivity contribution < 1.29 is 23.1 Å². The molecule has 8 nitrogen and oxygen atoms in total. The van der Waals surface area contributed by atoms with E-state index in [1.54, 1.807) is 6.92 Å². The van der Waals surface area contributed by atoms with Crippen molar-refractivity contribution in [2.24, 2.45) is 0 Å². The van der Waals surface area contributed by atoms with Crippen molar-refractivity contribution in [1.82, 2.24) is 10.2 Å². The van der Waals surface area contributed by atoms with Crippen LogP contribution in [0, 0.1) is 5.82 Å². The lowest BCUT2D eigenvalue weighted by atomic mass is 10.2. The molecule has 29 heavy (non-hydrogen) atoms. The Morgan fingerprint density at radius 1 is 1.28 bits per heavy atom. The van der Waals surface area contributed by atoms with Crippen molar-refractivity contribution in [1.29, 1.82) is 0 Å². The minimum atomic E-state index is -0.796. The Morgan fingerprint density at radius 3 is 2.72 bits per heavy atom. The number of carbonyl (C=O) groups is 2. The normalized spacial score (nSPS) is 10.6. The van der Waals surface area contributed by atoms with Gasteiger partial charge in [-0.15, -0.1) is 10.2 Å². The maximum atomic E-state index is 12.9. The smallest absolute Gasteiger partial charge is 0.343 e. The van der Waals surface area contributed by atoms with Crippen molar-refractivity contribution in [2.45, 2.75) is 23.4 Å². The van der Waals surface area contributed by atoms with Gasteiger partial charge in [0.15, 0.2) is 4.34 Å². The molecule has 0 radical (unpaired) electrons. The summed E-state index contributed by atoms with van der Waals surface area (Å²) in [5, 5.41) is 10.8. The predicted octanol–water partition coefficient (Wildman–Crippen LogP) is 3.49. The number of hydrogen-bond donors (Lipinski definition) is 1. The maximum absolute atomic E-state index is 12.9. The van der Waals surface area contributed by atoms with Crippen LogP contribution < -0.4 is 15.5 Å². The number of nitrogens with one attached hydrogen (secondary N) is 1. The molecule has 0 aliphatic rings. The van der Waals surface area contributed by atoms with E-state index in [2.05, 4.69) is 15.5 Å². The Balaban J connectivity index is 1.59. The van der Waals surface area contributed by atoms with Crippen LogP contribution in [-0.4, -0.2) is 22.1 Å². The first-order chi connectivity index (χ1) is 13.9. The standard InChI is InChI=1S/C18H14FN3O5S2/c1-2-15(24)20-17-21-22-18(29-17)28-9-12-7-13(23)14(8-26-12)27-16(25)10-3-5-11(19)6-4-10/h3-8H,2,9H2,1H3,(H,20,21,24). The molecule has 0 unspecified atom stereocenters. The monoisotopic (exact) mass is 435 g/mol. The van der Waals surface area contributed by atoms with Crippen molar-refractivity contribution in [2.75, 3.05) is 5.32 Å². The number of benzene rings is 1. The van der Waals surface area contributed by atoms with Gasteiger partial charge in [-0.05, 0) is 24.3 Å². The Bertz CT molecular complexity index is 1080. The molecule has 0 bridgehead atoms. The molecule has 2 aromatic heterocycles. The molecule has 11 heteroatoms. The SMILES string of the molecule is CCC(=O)Nc1nnc(SCc2cc(=O)c(OC(=O)c3ccc(F)cc3)co2)s1. The van der Waals surface area contributed by atoms with Gasteiger partial charge in [0.05, 0.1) is 11.3 Å². The first kappa shape index (κ1) is 20.7. The lowest BCUT2D eigenvalue weighted by Gasteiger charge is -2.04. The lowest BCUT2D eigenvalue weighted by molar-refractivity contribution is -0.115. The number of amides is 1. The van der Waals surface area contributed by atoms with Gasteiger partial charge in [0, 0.05) is 12.5 Å². The van der Waals surface area contributed by atoms with Crippen LogP contribution in [0.25, 0.3) is 0 Å². The van der Waals surface area contributed by atoms with Crippen molar-refractivity contribution in [3.63, 3.8) is 0 Å². The molecule has 0 fully saturated rings. The van der Waals surface area contributed by atoms with Gasteiger partial charge in [0.25, 0.3) is 0 Å². The van der Waals surface area contributed by atoms with E-state index in [9.17, 15) is 18.8 Å². The van der Waals surface area contributed by atoms with E-state index in [1.807, 2.05) is 0 Å². The van der Waals surface area contributed by atoms with Crippen LogP contribution in [0.5, 0.6) is 5.75 Å². The molecule has 0 atom stereocenters. The molecule has 1 aromatic carbocycles. The molecule has 0 saturated carbocycles. The summed E-state index contributed by atoms with van der Waals surface area (Å²) < 4.78 is 23.8. The highest BCUT2D eigenvalue weighted by Gasteiger charge is 2.14. The zero-order valence-corrected chi connectivity index (χ0v) is 16.6. The molecule has 0 aliphatic heterocycles. The molecule has 1 N–H and O–H groups in total. The number of thioether (sulfide) groups is 1. The van der Waals surface area contributed by atoms with Gasteiger partial charge in [0.1, 0.15) is 17.8 Å². The molecule has 0 saturated heterocycles. The predicted molar refractivity (Wildman–Crippen MR) is 105 cm³/mol. The number of carbonyl (C=O) groups excluding carboxylic acids is 2. The summed E-state index contributed by atoms with van der Waals surface area (Å²) in [5.74, 6) is -1.08. The van der Waals surface area contributed by atoms with Crippen molar-refractivity contribution in [3.8, 4) is 5.75 Å². The summed E-state index contributed by atoms with van der Waals surface area (Å²) in [4.78, 5) is 35.5. The lowest BCUT2D eigenvalue weighted by Crippen LogP contribution is -2.14. The number of aromatic nitrogens is 2. The van der Waals surface area contributed by atoms with E-state index >= 15 is 0 Å². The van der Waals surface area contributed by atoms with Gasteiger partial charge in [-0.1, -0.05) is 30.0 Å². The van der Waals surface area contributed by atoms with Crippen LogP contribution in [0.2, 0.25) is 0 Å². The number of esters is 1. The van der Waals surface area contributed by atoms with Crippen LogP contribution in [0.4, 0.5) is 9.52 Å². The zero-order valence-electron chi connectivity index (χ0n) is 15.0. The Kier molecular flexibility index (Phi) is 6.73.